The Morgan fingerprint density at radius 2 is 1.84 bits per heavy atom. The molecule has 43 heavy (non-hydrogen) atoms. The standard InChI is InChI=1S/C34H58NO7P/c1-23(2)8-7-9-24(3)29-12-13-30-28-11-10-25-22-27(14-18-33(25,4)31(28)15-19-34(29,30)5)42-32(37)35-20-16-26(36)17-21-41-43(38,39)40-6/h10,23-24,27-31H,7-9,11-22H2,1-6H3,(H,35,37)(H,38,39)/t24-,27?,28?,29+,30?,31?,33-,34+/m0/s1. The van der Waals surface area contributed by atoms with Crippen molar-refractivity contribution in [2.75, 3.05) is 20.3 Å². The fraction of sp³-hybridized carbons (Fsp3) is 0.882. The molecule has 0 heterocycles. The number of hydrogen-bond acceptors (Lipinski definition) is 6. The number of fused-ring (bicyclic) bond motifs is 5. The van der Waals surface area contributed by atoms with Crippen LogP contribution in [0, 0.1) is 46.3 Å². The van der Waals surface area contributed by atoms with Crippen LogP contribution in [-0.4, -0.2) is 43.1 Å². The second kappa shape index (κ2) is 14.5. The number of nitrogens with one attached hydrogen (secondary N) is 1. The molecule has 5 unspecified atom stereocenters. The minimum atomic E-state index is -4.08. The van der Waals surface area contributed by atoms with Crippen LogP contribution in [-0.2, 0) is 23.1 Å². The van der Waals surface area contributed by atoms with Crippen molar-refractivity contribution < 1.29 is 32.8 Å². The molecule has 3 saturated carbocycles. The molecule has 4 rings (SSSR count). The number of amides is 1. The molecule has 0 radical (unpaired) electrons. The lowest BCUT2D eigenvalue weighted by Gasteiger charge is -2.58. The van der Waals surface area contributed by atoms with Gasteiger partial charge in [0, 0.05) is 32.9 Å². The number of Topliss-reactive ketones (excluding diaryl/α,β-unsaturated/α-hetero) is 1. The Labute approximate surface area is 260 Å². The van der Waals surface area contributed by atoms with Crippen molar-refractivity contribution in [2.45, 2.75) is 124 Å². The Balaban J connectivity index is 1.25. The summed E-state index contributed by atoms with van der Waals surface area (Å²) in [5.41, 5.74) is 2.18. The van der Waals surface area contributed by atoms with Crippen LogP contribution in [0.15, 0.2) is 11.6 Å². The van der Waals surface area contributed by atoms with E-state index in [0.29, 0.717) is 5.41 Å². The fourth-order valence-corrected chi connectivity index (χ4v) is 10.1. The van der Waals surface area contributed by atoms with Gasteiger partial charge in [0.05, 0.1) is 6.61 Å². The second-order valence-electron chi connectivity index (χ2n) is 15.0. The molecule has 9 heteroatoms. The molecule has 4 aliphatic rings. The highest BCUT2D eigenvalue weighted by atomic mass is 31.2. The average Bonchev–Trinajstić information content (AvgIpc) is 3.30. The molecule has 0 aromatic heterocycles. The molecule has 4 aliphatic carbocycles. The Morgan fingerprint density at radius 1 is 1.07 bits per heavy atom. The Morgan fingerprint density at radius 3 is 2.56 bits per heavy atom. The Kier molecular flexibility index (Phi) is 11.7. The lowest BCUT2D eigenvalue weighted by atomic mass is 9.47. The number of carbonyl (C=O) groups is 2. The molecule has 246 valence electrons. The molecule has 0 saturated heterocycles. The van der Waals surface area contributed by atoms with Crippen molar-refractivity contribution >= 4 is 19.7 Å². The molecule has 8 nitrogen and oxygen atoms in total. The first kappa shape index (κ1) is 34.7. The van der Waals surface area contributed by atoms with Gasteiger partial charge in [-0.25, -0.2) is 9.36 Å². The SMILES string of the molecule is COP(=O)(O)OCCC(=O)CCNC(=O)OC1CC[C@@]2(C)C(=CCC3C2CC[C@@]2(C)C3CC[C@@H]2[C@@H](C)CCCC(C)C)C1. The van der Waals surface area contributed by atoms with Gasteiger partial charge in [-0.3, -0.25) is 13.8 Å². The lowest BCUT2D eigenvalue weighted by molar-refractivity contribution is -0.119. The van der Waals surface area contributed by atoms with E-state index in [4.69, 9.17) is 4.74 Å². The van der Waals surface area contributed by atoms with Crippen LogP contribution in [0.5, 0.6) is 0 Å². The zero-order valence-corrected chi connectivity index (χ0v) is 28.5. The molecule has 3 fully saturated rings. The van der Waals surface area contributed by atoms with Crippen LogP contribution in [0.4, 0.5) is 4.79 Å². The maximum atomic E-state index is 12.5. The monoisotopic (exact) mass is 623 g/mol. The van der Waals surface area contributed by atoms with Crippen molar-refractivity contribution in [1.29, 1.82) is 0 Å². The third-order valence-electron chi connectivity index (χ3n) is 12.1. The van der Waals surface area contributed by atoms with Crippen molar-refractivity contribution in [2.24, 2.45) is 46.3 Å². The summed E-state index contributed by atoms with van der Waals surface area (Å²) < 4.78 is 26.1. The van der Waals surface area contributed by atoms with Crippen LogP contribution < -0.4 is 5.32 Å². The number of alkyl carbamates (subject to hydrolysis) is 1. The van der Waals surface area contributed by atoms with Gasteiger partial charge in [-0.15, -0.1) is 0 Å². The van der Waals surface area contributed by atoms with E-state index >= 15 is 0 Å². The predicted octanol–water partition coefficient (Wildman–Crippen LogP) is 8.24. The molecule has 0 bridgehead atoms. The summed E-state index contributed by atoms with van der Waals surface area (Å²) in [6, 6.07) is 0. The van der Waals surface area contributed by atoms with Gasteiger partial charge in [0.25, 0.3) is 0 Å². The van der Waals surface area contributed by atoms with Crippen LogP contribution >= 0.6 is 7.82 Å². The van der Waals surface area contributed by atoms with E-state index in [1.165, 1.54) is 56.9 Å². The molecule has 9 atom stereocenters. The molecule has 1 amide bonds. The van der Waals surface area contributed by atoms with Crippen LogP contribution in [0.1, 0.15) is 118 Å². The lowest BCUT2D eigenvalue weighted by Crippen LogP contribution is -2.51. The third kappa shape index (κ3) is 8.15. The number of phosphoric acid groups is 1. The van der Waals surface area contributed by atoms with Gasteiger partial charge in [-0.2, -0.15) is 0 Å². The maximum absolute atomic E-state index is 12.5. The van der Waals surface area contributed by atoms with E-state index in [-0.39, 0.29) is 43.3 Å². The number of ether oxygens (including phenoxy) is 1. The molecule has 0 aromatic carbocycles. The van der Waals surface area contributed by atoms with Gasteiger partial charge in [0.15, 0.2) is 0 Å². The second-order valence-corrected chi connectivity index (χ2v) is 16.6. The van der Waals surface area contributed by atoms with Crippen molar-refractivity contribution in [3.8, 4) is 0 Å². The highest BCUT2D eigenvalue weighted by molar-refractivity contribution is 7.47. The first-order valence-electron chi connectivity index (χ1n) is 17.0. The smallest absolute Gasteiger partial charge is 0.446 e. The van der Waals surface area contributed by atoms with Crippen molar-refractivity contribution in [1.82, 2.24) is 5.32 Å². The molecule has 2 N–H and O–H groups in total. The van der Waals surface area contributed by atoms with E-state index < -0.39 is 13.9 Å². The quantitative estimate of drug-likeness (QED) is 0.148. The highest BCUT2D eigenvalue weighted by Gasteiger charge is 2.59. The first-order chi connectivity index (χ1) is 20.3. The normalized spacial score (nSPS) is 35.6. The van der Waals surface area contributed by atoms with Crippen LogP contribution in [0.25, 0.3) is 0 Å². The summed E-state index contributed by atoms with van der Waals surface area (Å²) >= 11 is 0. The number of allylic oxidation sites excluding steroid dienone is 1. The number of rotatable bonds is 14. The fourth-order valence-electron chi connectivity index (χ4n) is 9.70. The van der Waals surface area contributed by atoms with Gasteiger partial charge in [0.1, 0.15) is 11.9 Å². The third-order valence-corrected chi connectivity index (χ3v) is 13.0. The van der Waals surface area contributed by atoms with Gasteiger partial charge >= 0.3 is 13.9 Å². The summed E-state index contributed by atoms with van der Waals surface area (Å²) in [4.78, 5) is 33.7. The minimum Gasteiger partial charge on any atom is -0.446 e. The predicted molar refractivity (Wildman–Crippen MR) is 168 cm³/mol. The molecular weight excluding hydrogens is 565 g/mol. The number of hydrogen-bond donors (Lipinski definition) is 2. The van der Waals surface area contributed by atoms with Gasteiger partial charge in [0.2, 0.25) is 0 Å². The summed E-state index contributed by atoms with van der Waals surface area (Å²) in [5.74, 6) is 4.66. The Bertz CT molecular complexity index is 1060. The van der Waals surface area contributed by atoms with Crippen molar-refractivity contribution in [3.63, 3.8) is 0 Å². The van der Waals surface area contributed by atoms with E-state index in [9.17, 15) is 19.0 Å². The highest BCUT2D eigenvalue weighted by Crippen LogP contribution is 2.67. The number of phosphoric ester groups is 1. The summed E-state index contributed by atoms with van der Waals surface area (Å²) in [6.45, 7) is 12.3. The summed E-state index contributed by atoms with van der Waals surface area (Å²) in [5, 5.41) is 2.69. The average molecular weight is 624 g/mol. The van der Waals surface area contributed by atoms with Crippen LogP contribution in [0.3, 0.4) is 0 Å². The molecule has 0 aliphatic heterocycles. The van der Waals surface area contributed by atoms with Crippen LogP contribution in [0.2, 0.25) is 0 Å². The topological polar surface area (TPSA) is 111 Å². The first-order valence-corrected chi connectivity index (χ1v) is 18.5. The Hall–Kier alpha value is -1.21. The minimum absolute atomic E-state index is 0.0276. The molecular formula is C34H58NO7P. The van der Waals surface area contributed by atoms with E-state index in [1.54, 1.807) is 0 Å². The van der Waals surface area contributed by atoms with Gasteiger partial charge < -0.3 is 14.9 Å². The molecule has 0 spiro atoms. The van der Waals surface area contributed by atoms with Gasteiger partial charge in [-0.1, -0.05) is 65.5 Å². The largest absolute Gasteiger partial charge is 0.471 e. The molecule has 0 aromatic rings. The van der Waals surface area contributed by atoms with E-state index in [1.807, 2.05) is 0 Å². The number of ketones is 1. The maximum Gasteiger partial charge on any atom is 0.471 e. The zero-order valence-electron chi connectivity index (χ0n) is 27.6. The summed E-state index contributed by atoms with van der Waals surface area (Å²) in [6.07, 6.45) is 15.5. The summed E-state index contributed by atoms with van der Waals surface area (Å²) in [7, 11) is -3.01. The zero-order chi connectivity index (χ0) is 31.4. The van der Waals surface area contributed by atoms with Crippen molar-refractivity contribution in [3.05, 3.63) is 11.6 Å². The van der Waals surface area contributed by atoms with Gasteiger partial charge in [-0.05, 0) is 91.3 Å². The number of carbonyl (C=O) groups excluding carboxylic acids is 2. The van der Waals surface area contributed by atoms with E-state index in [2.05, 4.69) is 55.1 Å². The van der Waals surface area contributed by atoms with E-state index in [0.717, 1.165) is 61.9 Å².